The van der Waals surface area contributed by atoms with Crippen LogP contribution in [0.2, 0.25) is 5.02 Å². The molecular weight excluding hydrogens is 448 g/mol. The molecule has 0 radical (unpaired) electrons. The Balaban J connectivity index is 1.91. The summed E-state index contributed by atoms with van der Waals surface area (Å²) in [6.07, 6.45) is 0. The molecule has 0 bridgehead atoms. The fourth-order valence-corrected chi connectivity index (χ4v) is 4.82. The van der Waals surface area contributed by atoms with Crippen LogP contribution in [0.5, 0.6) is 5.75 Å². The molecule has 32 heavy (non-hydrogen) atoms. The third kappa shape index (κ3) is 3.89. The number of rotatable bonds is 6. The zero-order chi connectivity index (χ0) is 23.0. The van der Waals surface area contributed by atoms with Crippen molar-refractivity contribution >= 4 is 38.9 Å². The van der Waals surface area contributed by atoms with E-state index in [1.807, 2.05) is 20.8 Å². The van der Waals surface area contributed by atoms with Gasteiger partial charge in [-0.2, -0.15) is 0 Å². The molecule has 2 aromatic carbocycles. The Morgan fingerprint density at radius 1 is 1.03 bits per heavy atom. The highest BCUT2D eigenvalue weighted by Gasteiger charge is 2.21. The zero-order valence-corrected chi connectivity index (χ0v) is 19.4. The molecule has 4 rings (SSSR count). The third-order valence-electron chi connectivity index (χ3n) is 5.32. The number of carbonyl (C=O) groups excluding carboxylic acids is 1. The smallest absolute Gasteiger partial charge is 0.337 e. The molecule has 0 atom stereocenters. The van der Waals surface area contributed by atoms with E-state index in [4.69, 9.17) is 16.3 Å². The van der Waals surface area contributed by atoms with Gasteiger partial charge in [-0.3, -0.25) is 14.2 Å². The minimum atomic E-state index is -0.560. The van der Waals surface area contributed by atoms with Crippen molar-refractivity contribution in [2.45, 2.75) is 27.3 Å². The number of hydrogen-bond acceptors (Lipinski definition) is 5. The quantitative estimate of drug-likeness (QED) is 0.382. The van der Waals surface area contributed by atoms with E-state index in [0.29, 0.717) is 38.8 Å². The molecule has 2 heterocycles. The maximum Gasteiger partial charge on any atom is 0.337 e. The molecule has 0 fully saturated rings. The van der Waals surface area contributed by atoms with Crippen LogP contribution in [0, 0.1) is 13.8 Å². The number of halogens is 1. The van der Waals surface area contributed by atoms with Gasteiger partial charge in [0.15, 0.2) is 5.78 Å². The first-order chi connectivity index (χ1) is 15.3. The predicted molar refractivity (Wildman–Crippen MR) is 128 cm³/mol. The summed E-state index contributed by atoms with van der Waals surface area (Å²) in [6, 6.07) is 13.3. The summed E-state index contributed by atoms with van der Waals surface area (Å²) in [6.45, 7) is 5.96. The lowest BCUT2D eigenvalue weighted by atomic mass is 10.1. The molecule has 2 aromatic heterocycles. The summed E-state index contributed by atoms with van der Waals surface area (Å²) < 4.78 is 7.96. The van der Waals surface area contributed by atoms with E-state index in [1.54, 1.807) is 48.5 Å². The van der Waals surface area contributed by atoms with Crippen LogP contribution in [0.4, 0.5) is 0 Å². The van der Waals surface area contributed by atoms with Crippen molar-refractivity contribution in [3.8, 4) is 11.4 Å². The van der Waals surface area contributed by atoms with Crippen LogP contribution >= 0.6 is 22.9 Å². The van der Waals surface area contributed by atoms with Gasteiger partial charge in [-0.25, -0.2) is 9.36 Å². The largest absolute Gasteiger partial charge is 0.494 e. The number of carbonyl (C=O) groups is 1. The van der Waals surface area contributed by atoms with Gasteiger partial charge in [-0.1, -0.05) is 11.6 Å². The number of fused-ring (bicyclic) bond motifs is 1. The molecular formula is C24H21ClN2O4S. The zero-order valence-electron chi connectivity index (χ0n) is 17.8. The van der Waals surface area contributed by atoms with Gasteiger partial charge in [0, 0.05) is 15.5 Å². The molecule has 0 aliphatic carbocycles. The standard InChI is InChI=1S/C24H21ClN2O4S/c1-4-31-19-11-9-18(10-12-19)27-22(29)21-14(2)15(3)32-23(21)26(24(27)30)13-20(28)16-5-7-17(25)8-6-16/h5-12H,4,13H2,1-3H3. The number of Topliss-reactive ketones (excluding diaryl/α,β-unsaturated/α-hetero) is 1. The lowest BCUT2D eigenvalue weighted by Crippen LogP contribution is -2.39. The molecule has 164 valence electrons. The lowest BCUT2D eigenvalue weighted by molar-refractivity contribution is 0.0972. The summed E-state index contributed by atoms with van der Waals surface area (Å²) in [4.78, 5) is 41.2. The van der Waals surface area contributed by atoms with E-state index in [0.717, 1.165) is 15.0 Å². The van der Waals surface area contributed by atoms with Crippen LogP contribution in [-0.2, 0) is 6.54 Å². The first kappa shape index (κ1) is 22.0. The van der Waals surface area contributed by atoms with Crippen molar-refractivity contribution in [2.75, 3.05) is 6.61 Å². The van der Waals surface area contributed by atoms with Gasteiger partial charge < -0.3 is 4.74 Å². The average Bonchev–Trinajstić information content (AvgIpc) is 3.07. The number of aryl methyl sites for hydroxylation is 2. The van der Waals surface area contributed by atoms with Gasteiger partial charge in [0.2, 0.25) is 0 Å². The Morgan fingerprint density at radius 2 is 1.69 bits per heavy atom. The summed E-state index contributed by atoms with van der Waals surface area (Å²) in [5.41, 5.74) is 0.711. The fraction of sp³-hybridized carbons (Fsp3) is 0.208. The number of benzene rings is 2. The number of ketones is 1. The molecule has 0 aliphatic heterocycles. The topological polar surface area (TPSA) is 70.3 Å². The summed E-state index contributed by atoms with van der Waals surface area (Å²) in [5, 5.41) is 0.972. The molecule has 0 unspecified atom stereocenters. The van der Waals surface area contributed by atoms with E-state index in [2.05, 4.69) is 0 Å². The SMILES string of the molecule is CCOc1ccc(-n2c(=O)c3c(C)c(C)sc3n(CC(=O)c3ccc(Cl)cc3)c2=O)cc1. The Morgan fingerprint density at radius 3 is 2.31 bits per heavy atom. The second kappa shape index (κ2) is 8.76. The first-order valence-corrected chi connectivity index (χ1v) is 11.3. The van der Waals surface area contributed by atoms with Gasteiger partial charge in [-0.15, -0.1) is 11.3 Å². The van der Waals surface area contributed by atoms with Crippen molar-refractivity contribution in [1.29, 1.82) is 0 Å². The average molecular weight is 469 g/mol. The van der Waals surface area contributed by atoms with E-state index >= 15 is 0 Å². The van der Waals surface area contributed by atoms with E-state index in [-0.39, 0.29) is 12.3 Å². The van der Waals surface area contributed by atoms with Crippen LogP contribution in [0.1, 0.15) is 27.7 Å². The summed E-state index contributed by atoms with van der Waals surface area (Å²) >= 11 is 7.27. The predicted octanol–water partition coefficient (Wildman–Crippen LogP) is 4.77. The molecule has 0 saturated heterocycles. The van der Waals surface area contributed by atoms with Crippen molar-refractivity contribution in [3.63, 3.8) is 0 Å². The van der Waals surface area contributed by atoms with Crippen LogP contribution in [0.3, 0.4) is 0 Å². The lowest BCUT2D eigenvalue weighted by Gasteiger charge is -2.13. The minimum Gasteiger partial charge on any atom is -0.494 e. The highest BCUT2D eigenvalue weighted by atomic mass is 35.5. The molecule has 0 amide bonds. The Labute approximate surface area is 193 Å². The van der Waals surface area contributed by atoms with Gasteiger partial charge in [0.1, 0.15) is 10.6 Å². The first-order valence-electron chi connectivity index (χ1n) is 10.1. The Hall–Kier alpha value is -3.16. The molecule has 6 nitrogen and oxygen atoms in total. The van der Waals surface area contributed by atoms with Crippen molar-refractivity contribution in [2.24, 2.45) is 0 Å². The highest BCUT2D eigenvalue weighted by Crippen LogP contribution is 2.27. The van der Waals surface area contributed by atoms with E-state index in [9.17, 15) is 14.4 Å². The third-order valence-corrected chi connectivity index (χ3v) is 6.81. The van der Waals surface area contributed by atoms with Crippen LogP contribution in [0.15, 0.2) is 58.1 Å². The molecule has 0 aliphatic rings. The number of aromatic nitrogens is 2. The fourth-order valence-electron chi connectivity index (χ4n) is 3.55. The Kier molecular flexibility index (Phi) is 6.04. The molecule has 8 heteroatoms. The van der Waals surface area contributed by atoms with Crippen molar-refractivity contribution in [1.82, 2.24) is 9.13 Å². The van der Waals surface area contributed by atoms with Crippen LogP contribution in [-0.4, -0.2) is 21.5 Å². The van der Waals surface area contributed by atoms with E-state index in [1.165, 1.54) is 15.9 Å². The van der Waals surface area contributed by atoms with Crippen molar-refractivity contribution < 1.29 is 9.53 Å². The minimum absolute atomic E-state index is 0.187. The molecule has 4 aromatic rings. The molecule has 0 spiro atoms. The van der Waals surface area contributed by atoms with Crippen molar-refractivity contribution in [3.05, 3.63) is 90.4 Å². The highest BCUT2D eigenvalue weighted by molar-refractivity contribution is 7.18. The van der Waals surface area contributed by atoms with Crippen LogP contribution in [0.25, 0.3) is 15.9 Å². The number of nitrogens with zero attached hydrogens (tertiary/aromatic N) is 2. The van der Waals surface area contributed by atoms with Gasteiger partial charge >= 0.3 is 5.69 Å². The number of ether oxygens (including phenoxy) is 1. The van der Waals surface area contributed by atoms with Gasteiger partial charge in [0.25, 0.3) is 5.56 Å². The number of thiophene rings is 1. The summed E-state index contributed by atoms with van der Waals surface area (Å²) in [7, 11) is 0. The molecule has 0 saturated carbocycles. The van der Waals surface area contributed by atoms with Gasteiger partial charge in [0.05, 0.1) is 24.2 Å². The molecule has 0 N–H and O–H groups in total. The van der Waals surface area contributed by atoms with E-state index < -0.39 is 11.2 Å². The maximum absolute atomic E-state index is 13.5. The second-order valence-corrected chi connectivity index (χ2v) is 8.97. The number of hydrogen-bond donors (Lipinski definition) is 0. The second-order valence-electron chi connectivity index (χ2n) is 7.33. The van der Waals surface area contributed by atoms with Crippen LogP contribution < -0.4 is 16.0 Å². The Bertz CT molecular complexity index is 1430. The normalized spacial score (nSPS) is 11.1. The maximum atomic E-state index is 13.5. The van der Waals surface area contributed by atoms with Gasteiger partial charge in [-0.05, 0) is 74.9 Å². The summed E-state index contributed by atoms with van der Waals surface area (Å²) in [5.74, 6) is 0.400. The monoisotopic (exact) mass is 468 g/mol.